The van der Waals surface area contributed by atoms with E-state index in [9.17, 15) is 0 Å². The van der Waals surface area contributed by atoms with Gasteiger partial charge in [0.25, 0.3) is 0 Å². The Morgan fingerprint density at radius 3 is 1.27 bits per heavy atom. The Morgan fingerprint density at radius 1 is 0.297 bits per heavy atom. The molecule has 13 aromatic rings. The molecule has 0 fully saturated rings. The van der Waals surface area contributed by atoms with Gasteiger partial charge in [0.05, 0.1) is 11.0 Å². The van der Waals surface area contributed by atoms with Crippen LogP contribution in [-0.2, 0) is 0 Å². The van der Waals surface area contributed by atoms with Crippen LogP contribution in [0.5, 0.6) is 0 Å². The van der Waals surface area contributed by atoms with Crippen LogP contribution in [0.15, 0.2) is 218 Å². The van der Waals surface area contributed by atoms with Crippen molar-refractivity contribution in [3.63, 3.8) is 0 Å². The SMILES string of the molecule is c1ccc(-c2nc(-c3ccccc3)nc(-c3cccc4sc5cc(-n6c7cc(-c8ccccc8)c8ccccc8c7c7c8ccccc8c(-c8ccccc8)cc76)ccc5c34)n2)cc1. The molecule has 0 saturated carbocycles. The molecule has 0 atom stereocenters. The van der Waals surface area contributed by atoms with Crippen molar-refractivity contribution in [3.8, 4) is 62.1 Å². The van der Waals surface area contributed by atoms with Gasteiger partial charge in [-0.3, -0.25) is 0 Å². The highest BCUT2D eigenvalue weighted by molar-refractivity contribution is 7.26. The first-order valence-corrected chi connectivity index (χ1v) is 22.4. The molecule has 0 N–H and O–H groups in total. The molecular formula is C59H36N4S. The molecule has 0 aliphatic carbocycles. The minimum Gasteiger partial charge on any atom is -0.309 e. The average molecular weight is 833 g/mol. The fourth-order valence-electron chi connectivity index (χ4n) is 9.79. The Morgan fingerprint density at radius 2 is 0.750 bits per heavy atom. The van der Waals surface area contributed by atoms with Crippen LogP contribution < -0.4 is 0 Å². The van der Waals surface area contributed by atoms with Gasteiger partial charge >= 0.3 is 0 Å². The lowest BCUT2D eigenvalue weighted by molar-refractivity contribution is 1.08. The van der Waals surface area contributed by atoms with Gasteiger partial charge in [0, 0.05) is 53.3 Å². The van der Waals surface area contributed by atoms with E-state index in [2.05, 4.69) is 187 Å². The lowest BCUT2D eigenvalue weighted by atomic mass is 9.92. The summed E-state index contributed by atoms with van der Waals surface area (Å²) in [5, 5.41) is 9.83. The summed E-state index contributed by atoms with van der Waals surface area (Å²) in [6.07, 6.45) is 0. The zero-order valence-electron chi connectivity index (χ0n) is 34.5. The number of aromatic nitrogens is 4. The predicted octanol–water partition coefficient (Wildman–Crippen LogP) is 16.0. The minimum atomic E-state index is 0.652. The van der Waals surface area contributed by atoms with Gasteiger partial charge in [-0.2, -0.15) is 0 Å². The summed E-state index contributed by atoms with van der Waals surface area (Å²) in [5.74, 6) is 1.96. The average Bonchev–Trinajstić information content (AvgIpc) is 3.92. The fourth-order valence-corrected chi connectivity index (χ4v) is 11.0. The summed E-state index contributed by atoms with van der Waals surface area (Å²) in [5.41, 5.74) is 11.2. The van der Waals surface area contributed by atoms with Gasteiger partial charge < -0.3 is 4.57 Å². The normalized spacial score (nSPS) is 11.8. The van der Waals surface area contributed by atoms with E-state index < -0.39 is 0 Å². The zero-order chi connectivity index (χ0) is 42.1. The fraction of sp³-hybridized carbons (Fsp3) is 0. The van der Waals surface area contributed by atoms with Crippen LogP contribution in [0, 0.1) is 0 Å². The molecule has 3 aromatic heterocycles. The molecule has 0 spiro atoms. The van der Waals surface area contributed by atoms with Crippen LogP contribution in [0.2, 0.25) is 0 Å². The number of hydrogen-bond donors (Lipinski definition) is 0. The number of hydrogen-bond acceptors (Lipinski definition) is 4. The van der Waals surface area contributed by atoms with E-state index in [1.165, 1.54) is 80.4 Å². The van der Waals surface area contributed by atoms with Gasteiger partial charge in [0.2, 0.25) is 0 Å². The van der Waals surface area contributed by atoms with Gasteiger partial charge in [0.1, 0.15) is 0 Å². The summed E-state index contributed by atoms with van der Waals surface area (Å²) >= 11 is 1.81. The van der Waals surface area contributed by atoms with Crippen LogP contribution in [0.25, 0.3) is 126 Å². The Balaban J connectivity index is 1.10. The van der Waals surface area contributed by atoms with Crippen molar-refractivity contribution >= 4 is 74.9 Å². The largest absolute Gasteiger partial charge is 0.309 e. The van der Waals surface area contributed by atoms with Crippen LogP contribution in [0.4, 0.5) is 0 Å². The zero-order valence-corrected chi connectivity index (χ0v) is 35.3. The molecule has 13 rings (SSSR count). The number of rotatable bonds is 6. The predicted molar refractivity (Wildman–Crippen MR) is 269 cm³/mol. The van der Waals surface area contributed by atoms with E-state index in [1.54, 1.807) is 0 Å². The first-order valence-electron chi connectivity index (χ1n) is 21.6. The highest BCUT2D eigenvalue weighted by atomic mass is 32.1. The summed E-state index contributed by atoms with van der Waals surface area (Å²) in [6.45, 7) is 0. The smallest absolute Gasteiger partial charge is 0.164 e. The summed E-state index contributed by atoms with van der Waals surface area (Å²) in [6, 6.07) is 78.2. The van der Waals surface area contributed by atoms with Crippen molar-refractivity contribution in [2.24, 2.45) is 0 Å². The maximum Gasteiger partial charge on any atom is 0.164 e. The molecule has 0 bridgehead atoms. The van der Waals surface area contributed by atoms with Gasteiger partial charge in [-0.05, 0) is 74.1 Å². The Bertz CT molecular complexity index is 3740. The third-order valence-electron chi connectivity index (χ3n) is 12.6. The first kappa shape index (κ1) is 36.4. The van der Waals surface area contributed by atoms with E-state index in [-0.39, 0.29) is 0 Å². The maximum atomic E-state index is 5.16. The molecule has 64 heavy (non-hydrogen) atoms. The van der Waals surface area contributed by atoms with E-state index in [1.807, 2.05) is 47.7 Å². The van der Waals surface area contributed by atoms with Gasteiger partial charge in [-0.1, -0.05) is 188 Å². The maximum absolute atomic E-state index is 5.16. The molecule has 0 aliphatic heterocycles. The minimum absolute atomic E-state index is 0.652. The second-order valence-electron chi connectivity index (χ2n) is 16.3. The third-order valence-corrected chi connectivity index (χ3v) is 13.7. The van der Waals surface area contributed by atoms with Crippen LogP contribution in [0.1, 0.15) is 0 Å². The van der Waals surface area contributed by atoms with Crippen LogP contribution in [-0.4, -0.2) is 19.5 Å². The number of thiophene rings is 1. The van der Waals surface area contributed by atoms with E-state index in [0.717, 1.165) is 27.8 Å². The Kier molecular flexibility index (Phi) is 8.36. The monoisotopic (exact) mass is 832 g/mol. The van der Waals surface area contributed by atoms with Crippen LogP contribution >= 0.6 is 11.3 Å². The molecule has 0 aliphatic rings. The van der Waals surface area contributed by atoms with Gasteiger partial charge in [-0.25, -0.2) is 15.0 Å². The molecule has 3 heterocycles. The quantitative estimate of drug-likeness (QED) is 0.168. The van der Waals surface area contributed by atoms with E-state index in [4.69, 9.17) is 15.0 Å². The second kappa shape index (κ2) is 14.7. The molecule has 0 unspecified atom stereocenters. The first-order chi connectivity index (χ1) is 31.7. The van der Waals surface area contributed by atoms with Crippen molar-refractivity contribution < 1.29 is 0 Å². The molecule has 298 valence electrons. The number of benzene rings is 10. The Hall–Kier alpha value is -8.25. The van der Waals surface area contributed by atoms with Crippen molar-refractivity contribution in [2.75, 3.05) is 0 Å². The van der Waals surface area contributed by atoms with E-state index in [0.29, 0.717) is 17.5 Å². The van der Waals surface area contributed by atoms with Crippen molar-refractivity contribution in [1.29, 1.82) is 0 Å². The summed E-state index contributed by atoms with van der Waals surface area (Å²) < 4.78 is 4.89. The molecule has 5 heteroatoms. The molecule has 4 nitrogen and oxygen atoms in total. The van der Waals surface area contributed by atoms with Crippen molar-refractivity contribution in [2.45, 2.75) is 0 Å². The lowest BCUT2D eigenvalue weighted by Crippen LogP contribution is -2.00. The summed E-state index contributed by atoms with van der Waals surface area (Å²) in [4.78, 5) is 15.3. The highest BCUT2D eigenvalue weighted by Crippen LogP contribution is 2.47. The van der Waals surface area contributed by atoms with E-state index >= 15 is 0 Å². The molecule has 0 radical (unpaired) electrons. The molecule has 0 amide bonds. The molecule has 0 saturated heterocycles. The van der Waals surface area contributed by atoms with Crippen LogP contribution in [0.3, 0.4) is 0 Å². The van der Waals surface area contributed by atoms with Crippen molar-refractivity contribution in [1.82, 2.24) is 19.5 Å². The Labute approximate surface area is 373 Å². The lowest BCUT2D eigenvalue weighted by Gasteiger charge is -2.13. The standard InChI is InChI=1S/C59H36N4S/c1-5-18-37(19-6-1)48-35-50-55(44-28-15-13-26-42(44)48)56-45-29-16-14-27-43(45)49(38-20-7-2-8-21-38)36-51(56)63(50)41-32-33-46-53(34-41)64-52-31-17-30-47(54(46)52)59-61-57(39-22-9-3-10-23-39)60-58(62-59)40-24-11-4-12-25-40/h1-36H. The van der Waals surface area contributed by atoms with Gasteiger partial charge in [-0.15, -0.1) is 11.3 Å². The molecule has 10 aromatic carbocycles. The molecular weight excluding hydrogens is 797 g/mol. The third kappa shape index (κ3) is 5.79. The highest BCUT2D eigenvalue weighted by Gasteiger charge is 2.23. The number of nitrogens with zero attached hydrogens (tertiary/aromatic N) is 4. The topological polar surface area (TPSA) is 43.6 Å². The summed E-state index contributed by atoms with van der Waals surface area (Å²) in [7, 11) is 0. The van der Waals surface area contributed by atoms with Crippen molar-refractivity contribution in [3.05, 3.63) is 218 Å². The number of fused-ring (bicyclic) bond motifs is 10. The second-order valence-corrected chi connectivity index (χ2v) is 17.4. The van der Waals surface area contributed by atoms with Gasteiger partial charge in [0.15, 0.2) is 17.5 Å².